The molecule has 17 heavy (non-hydrogen) atoms. The van der Waals surface area contributed by atoms with E-state index in [0.29, 0.717) is 10.9 Å². The molecule has 0 saturated carbocycles. The number of ether oxygens (including phenoxy) is 1. The summed E-state index contributed by atoms with van der Waals surface area (Å²) in [6.07, 6.45) is 2.52. The summed E-state index contributed by atoms with van der Waals surface area (Å²) in [5.41, 5.74) is 1.66. The molecule has 1 aromatic rings. The van der Waals surface area contributed by atoms with Crippen LogP contribution in [0.25, 0.3) is 0 Å². The predicted molar refractivity (Wildman–Crippen MR) is 71.3 cm³/mol. The average Bonchev–Trinajstić information content (AvgIpc) is 2.81. The average molecular weight is 302 g/mol. The highest BCUT2D eigenvalue weighted by atomic mass is 79.9. The van der Waals surface area contributed by atoms with Gasteiger partial charge in [-0.2, -0.15) is 0 Å². The summed E-state index contributed by atoms with van der Waals surface area (Å²) in [7, 11) is 1.99. The van der Waals surface area contributed by atoms with Crippen molar-refractivity contribution >= 4 is 21.6 Å². The van der Waals surface area contributed by atoms with Gasteiger partial charge in [-0.05, 0) is 25.0 Å². The van der Waals surface area contributed by atoms with Gasteiger partial charge in [0.05, 0.1) is 6.10 Å². The predicted octanol–water partition coefficient (Wildman–Crippen LogP) is 3.34. The molecular formula is C13H17BrFNO. The van der Waals surface area contributed by atoms with E-state index in [1.165, 1.54) is 6.07 Å². The summed E-state index contributed by atoms with van der Waals surface area (Å²) in [4.78, 5) is 2.08. The third-order valence-electron chi connectivity index (χ3n) is 3.14. The molecule has 0 bridgehead atoms. The maximum Gasteiger partial charge on any atom is 0.129 e. The SMILES string of the molecule is CN(CC1CCCO1)c1cccc(F)c1CBr. The van der Waals surface area contributed by atoms with E-state index < -0.39 is 0 Å². The maximum absolute atomic E-state index is 13.6. The molecule has 1 atom stereocenters. The number of hydrogen-bond donors (Lipinski definition) is 0. The highest BCUT2D eigenvalue weighted by Gasteiger charge is 2.19. The van der Waals surface area contributed by atoms with Crippen molar-refractivity contribution in [1.29, 1.82) is 0 Å². The number of rotatable bonds is 4. The van der Waals surface area contributed by atoms with Crippen LogP contribution in [0, 0.1) is 5.82 Å². The smallest absolute Gasteiger partial charge is 0.129 e. The van der Waals surface area contributed by atoms with Gasteiger partial charge in [-0.3, -0.25) is 0 Å². The van der Waals surface area contributed by atoms with Crippen molar-refractivity contribution in [2.75, 3.05) is 25.1 Å². The van der Waals surface area contributed by atoms with Crippen molar-refractivity contribution < 1.29 is 9.13 Å². The van der Waals surface area contributed by atoms with Crippen LogP contribution in [0.1, 0.15) is 18.4 Å². The van der Waals surface area contributed by atoms with E-state index in [1.54, 1.807) is 6.07 Å². The van der Waals surface area contributed by atoms with Gasteiger partial charge in [0, 0.05) is 36.8 Å². The molecule has 1 aliphatic rings. The largest absolute Gasteiger partial charge is 0.376 e. The van der Waals surface area contributed by atoms with E-state index in [0.717, 1.165) is 31.7 Å². The summed E-state index contributed by atoms with van der Waals surface area (Å²) in [6, 6.07) is 5.21. The minimum atomic E-state index is -0.154. The molecule has 2 nitrogen and oxygen atoms in total. The Morgan fingerprint density at radius 2 is 2.35 bits per heavy atom. The second kappa shape index (κ2) is 5.83. The number of alkyl halides is 1. The molecule has 1 heterocycles. The molecule has 2 rings (SSSR count). The Morgan fingerprint density at radius 1 is 1.53 bits per heavy atom. The molecule has 1 saturated heterocycles. The van der Waals surface area contributed by atoms with Crippen LogP contribution < -0.4 is 4.90 Å². The lowest BCUT2D eigenvalue weighted by molar-refractivity contribution is 0.116. The summed E-state index contributed by atoms with van der Waals surface area (Å²) >= 11 is 3.34. The lowest BCUT2D eigenvalue weighted by Gasteiger charge is -2.25. The number of nitrogens with zero attached hydrogens (tertiary/aromatic N) is 1. The monoisotopic (exact) mass is 301 g/mol. The molecule has 0 spiro atoms. The molecule has 0 aromatic heterocycles. The van der Waals surface area contributed by atoms with Gasteiger partial charge in [0.15, 0.2) is 0 Å². The highest BCUT2D eigenvalue weighted by Crippen LogP contribution is 2.26. The summed E-state index contributed by atoms with van der Waals surface area (Å²) < 4.78 is 19.2. The minimum absolute atomic E-state index is 0.154. The van der Waals surface area contributed by atoms with Crippen molar-refractivity contribution in [2.45, 2.75) is 24.3 Å². The fourth-order valence-electron chi connectivity index (χ4n) is 2.23. The van der Waals surface area contributed by atoms with Gasteiger partial charge in [0.1, 0.15) is 5.82 Å². The van der Waals surface area contributed by atoms with Gasteiger partial charge in [-0.1, -0.05) is 22.0 Å². The molecule has 1 unspecified atom stereocenters. The van der Waals surface area contributed by atoms with Gasteiger partial charge >= 0.3 is 0 Å². The molecule has 0 aliphatic carbocycles. The van der Waals surface area contributed by atoms with E-state index in [1.807, 2.05) is 13.1 Å². The first-order valence-corrected chi connectivity index (χ1v) is 7.00. The van der Waals surface area contributed by atoms with Crippen LogP contribution in [0.5, 0.6) is 0 Å². The first-order chi connectivity index (χ1) is 8.22. The van der Waals surface area contributed by atoms with Crippen LogP contribution >= 0.6 is 15.9 Å². The molecule has 1 aromatic carbocycles. The molecule has 0 N–H and O–H groups in total. The second-order valence-corrected chi connectivity index (χ2v) is 4.95. The third-order valence-corrected chi connectivity index (χ3v) is 3.70. The number of anilines is 1. The lowest BCUT2D eigenvalue weighted by Crippen LogP contribution is -2.29. The Bertz CT molecular complexity index is 380. The van der Waals surface area contributed by atoms with E-state index in [9.17, 15) is 4.39 Å². The van der Waals surface area contributed by atoms with Gasteiger partial charge in [-0.25, -0.2) is 4.39 Å². The Morgan fingerprint density at radius 3 is 3.00 bits per heavy atom. The quantitative estimate of drug-likeness (QED) is 0.791. The number of benzene rings is 1. The maximum atomic E-state index is 13.6. The first-order valence-electron chi connectivity index (χ1n) is 5.88. The van der Waals surface area contributed by atoms with Crippen molar-refractivity contribution in [3.8, 4) is 0 Å². The fraction of sp³-hybridized carbons (Fsp3) is 0.538. The number of likely N-dealkylation sites (N-methyl/N-ethyl adjacent to an activating group) is 1. The van der Waals surface area contributed by atoms with Gasteiger partial charge in [-0.15, -0.1) is 0 Å². The molecule has 4 heteroatoms. The normalized spacial score (nSPS) is 19.6. The minimum Gasteiger partial charge on any atom is -0.376 e. The number of hydrogen-bond acceptors (Lipinski definition) is 2. The summed E-state index contributed by atoms with van der Waals surface area (Å²) in [5.74, 6) is -0.154. The molecular weight excluding hydrogens is 285 g/mol. The van der Waals surface area contributed by atoms with Crippen molar-refractivity contribution in [1.82, 2.24) is 0 Å². The third kappa shape index (κ3) is 2.99. The van der Waals surface area contributed by atoms with E-state index in [4.69, 9.17) is 4.74 Å². The summed E-state index contributed by atoms with van der Waals surface area (Å²) in [6.45, 7) is 1.68. The molecule has 1 aliphatic heterocycles. The van der Waals surface area contributed by atoms with Crippen LogP contribution in [0.2, 0.25) is 0 Å². The van der Waals surface area contributed by atoms with Gasteiger partial charge in [0.2, 0.25) is 0 Å². The Hall–Kier alpha value is -0.610. The Labute approximate surface area is 110 Å². The highest BCUT2D eigenvalue weighted by molar-refractivity contribution is 9.08. The lowest BCUT2D eigenvalue weighted by atomic mass is 10.1. The van der Waals surface area contributed by atoms with Crippen molar-refractivity contribution in [3.05, 3.63) is 29.6 Å². The van der Waals surface area contributed by atoms with E-state index in [-0.39, 0.29) is 11.9 Å². The zero-order chi connectivity index (χ0) is 12.3. The van der Waals surface area contributed by atoms with Crippen LogP contribution in [-0.4, -0.2) is 26.3 Å². The van der Waals surface area contributed by atoms with Crippen molar-refractivity contribution in [2.24, 2.45) is 0 Å². The molecule has 94 valence electrons. The zero-order valence-electron chi connectivity index (χ0n) is 9.96. The molecule has 1 fully saturated rings. The Kier molecular flexibility index (Phi) is 4.40. The second-order valence-electron chi connectivity index (χ2n) is 4.39. The van der Waals surface area contributed by atoms with Crippen LogP contribution in [-0.2, 0) is 10.1 Å². The Balaban J connectivity index is 2.12. The number of halogens is 2. The first kappa shape index (κ1) is 12.8. The topological polar surface area (TPSA) is 12.5 Å². The van der Waals surface area contributed by atoms with Crippen molar-refractivity contribution in [3.63, 3.8) is 0 Å². The molecule has 0 radical (unpaired) electrons. The van der Waals surface area contributed by atoms with E-state index >= 15 is 0 Å². The van der Waals surface area contributed by atoms with E-state index in [2.05, 4.69) is 20.8 Å². The van der Waals surface area contributed by atoms with Crippen LogP contribution in [0.15, 0.2) is 18.2 Å². The standard InChI is InChI=1S/C13H17BrFNO/c1-16(9-10-4-3-7-17-10)13-6-2-5-12(15)11(13)8-14/h2,5-6,10H,3-4,7-9H2,1H3. The zero-order valence-corrected chi connectivity index (χ0v) is 11.5. The van der Waals surface area contributed by atoms with Crippen LogP contribution in [0.4, 0.5) is 10.1 Å². The fourth-order valence-corrected chi connectivity index (χ4v) is 2.78. The summed E-state index contributed by atoms with van der Waals surface area (Å²) in [5, 5.41) is 0.533. The van der Waals surface area contributed by atoms with Crippen LogP contribution in [0.3, 0.4) is 0 Å². The van der Waals surface area contributed by atoms with Gasteiger partial charge in [0.25, 0.3) is 0 Å². The molecule has 0 amide bonds. The van der Waals surface area contributed by atoms with Gasteiger partial charge < -0.3 is 9.64 Å².